The second kappa shape index (κ2) is 7.46. The van der Waals surface area contributed by atoms with Crippen molar-refractivity contribution in [3.63, 3.8) is 0 Å². The Morgan fingerprint density at radius 2 is 1.90 bits per heavy atom. The summed E-state index contributed by atoms with van der Waals surface area (Å²) in [4.78, 5) is 11.6. The number of phenols is 1. The van der Waals surface area contributed by atoms with Crippen molar-refractivity contribution in [2.75, 3.05) is 20.3 Å². The minimum absolute atomic E-state index is 0.135. The van der Waals surface area contributed by atoms with Gasteiger partial charge in [-0.05, 0) is 35.4 Å². The van der Waals surface area contributed by atoms with Crippen LogP contribution in [-0.4, -0.2) is 31.4 Å². The zero-order valence-electron chi connectivity index (χ0n) is 13.7. The Morgan fingerprint density at radius 3 is 2.48 bits per heavy atom. The van der Waals surface area contributed by atoms with E-state index in [1.54, 1.807) is 7.11 Å². The molecule has 0 aliphatic heterocycles. The van der Waals surface area contributed by atoms with Gasteiger partial charge in [-0.3, -0.25) is 4.79 Å². The fourth-order valence-corrected chi connectivity index (χ4v) is 2.13. The molecule has 0 atom stereocenters. The summed E-state index contributed by atoms with van der Waals surface area (Å²) in [5.41, 5.74) is 2.65. The van der Waals surface area contributed by atoms with Crippen molar-refractivity contribution in [2.24, 2.45) is 0 Å². The van der Waals surface area contributed by atoms with Gasteiger partial charge in [0.2, 0.25) is 0 Å². The van der Waals surface area contributed by atoms with Crippen LogP contribution >= 0.6 is 0 Å². The summed E-state index contributed by atoms with van der Waals surface area (Å²) in [7, 11) is 1.57. The SMILES string of the molecule is COCCOC(=O)CCc1cc(C)c(O)c(C(C)(C)C)c1. The topological polar surface area (TPSA) is 55.8 Å². The third-order valence-corrected chi connectivity index (χ3v) is 3.34. The summed E-state index contributed by atoms with van der Waals surface area (Å²) in [6.07, 6.45) is 0.938. The summed E-state index contributed by atoms with van der Waals surface area (Å²) in [6.45, 7) is 8.76. The van der Waals surface area contributed by atoms with Crippen LogP contribution in [0.2, 0.25) is 0 Å². The van der Waals surface area contributed by atoms with E-state index in [9.17, 15) is 9.90 Å². The van der Waals surface area contributed by atoms with Gasteiger partial charge in [0, 0.05) is 13.5 Å². The number of esters is 1. The van der Waals surface area contributed by atoms with Crippen LogP contribution in [0.15, 0.2) is 12.1 Å². The number of carbonyl (C=O) groups is 1. The first-order valence-corrected chi connectivity index (χ1v) is 7.23. The lowest BCUT2D eigenvalue weighted by Crippen LogP contribution is -2.13. The maximum absolute atomic E-state index is 11.6. The predicted octanol–water partition coefficient (Wildman–Crippen LogP) is 3.12. The van der Waals surface area contributed by atoms with Crippen LogP contribution < -0.4 is 0 Å². The van der Waals surface area contributed by atoms with Crippen molar-refractivity contribution >= 4 is 5.97 Å². The number of carbonyl (C=O) groups excluding carboxylic acids is 1. The molecule has 0 amide bonds. The number of aryl methyl sites for hydroxylation is 2. The van der Waals surface area contributed by atoms with E-state index in [4.69, 9.17) is 9.47 Å². The summed E-state index contributed by atoms with van der Waals surface area (Å²) in [5.74, 6) is 0.115. The van der Waals surface area contributed by atoms with Crippen molar-refractivity contribution < 1.29 is 19.4 Å². The van der Waals surface area contributed by atoms with Gasteiger partial charge in [0.05, 0.1) is 6.61 Å². The van der Waals surface area contributed by atoms with Gasteiger partial charge in [0.15, 0.2) is 0 Å². The molecule has 0 saturated carbocycles. The molecular weight excluding hydrogens is 268 g/mol. The molecule has 0 bridgehead atoms. The van der Waals surface area contributed by atoms with Crippen LogP contribution in [0.1, 0.15) is 43.9 Å². The Hall–Kier alpha value is -1.55. The van der Waals surface area contributed by atoms with Gasteiger partial charge in [-0.15, -0.1) is 0 Å². The van der Waals surface area contributed by atoms with Crippen molar-refractivity contribution in [3.05, 3.63) is 28.8 Å². The average molecular weight is 294 g/mol. The average Bonchev–Trinajstić information content (AvgIpc) is 2.39. The second-order valence-corrected chi connectivity index (χ2v) is 6.27. The van der Waals surface area contributed by atoms with E-state index in [-0.39, 0.29) is 18.0 Å². The molecule has 0 aromatic heterocycles. The minimum atomic E-state index is -0.227. The highest BCUT2D eigenvalue weighted by atomic mass is 16.6. The molecule has 1 N–H and O–H groups in total. The van der Waals surface area contributed by atoms with Gasteiger partial charge in [-0.25, -0.2) is 0 Å². The maximum atomic E-state index is 11.6. The Balaban J connectivity index is 2.72. The zero-order chi connectivity index (χ0) is 16.0. The Kier molecular flexibility index (Phi) is 6.21. The number of ether oxygens (including phenoxy) is 2. The molecule has 118 valence electrons. The van der Waals surface area contributed by atoms with Crippen LogP contribution in [0.3, 0.4) is 0 Å². The van der Waals surface area contributed by atoms with Crippen molar-refractivity contribution in [2.45, 2.75) is 46.0 Å². The minimum Gasteiger partial charge on any atom is -0.507 e. The van der Waals surface area contributed by atoms with Gasteiger partial charge < -0.3 is 14.6 Å². The van der Waals surface area contributed by atoms with E-state index in [0.717, 1.165) is 16.7 Å². The number of methoxy groups -OCH3 is 1. The monoisotopic (exact) mass is 294 g/mol. The van der Waals surface area contributed by atoms with E-state index >= 15 is 0 Å². The largest absolute Gasteiger partial charge is 0.507 e. The molecule has 1 aromatic rings. The molecule has 0 fully saturated rings. The van der Waals surface area contributed by atoms with Gasteiger partial charge in [0.25, 0.3) is 0 Å². The van der Waals surface area contributed by atoms with Gasteiger partial charge in [-0.2, -0.15) is 0 Å². The Labute approximate surface area is 127 Å². The number of aromatic hydroxyl groups is 1. The number of phenolic OH excluding ortho intramolecular Hbond substituents is 1. The highest BCUT2D eigenvalue weighted by molar-refractivity contribution is 5.69. The predicted molar refractivity (Wildman–Crippen MR) is 82.7 cm³/mol. The molecule has 0 saturated heterocycles. The summed E-state index contributed by atoms with van der Waals surface area (Å²) in [5, 5.41) is 10.2. The summed E-state index contributed by atoms with van der Waals surface area (Å²) < 4.78 is 9.87. The number of benzene rings is 1. The highest BCUT2D eigenvalue weighted by Crippen LogP contribution is 2.34. The summed E-state index contributed by atoms with van der Waals surface area (Å²) >= 11 is 0. The molecule has 0 heterocycles. The number of hydrogen-bond donors (Lipinski definition) is 1. The van der Waals surface area contributed by atoms with E-state index in [0.29, 0.717) is 25.2 Å². The standard InChI is InChI=1S/C17H26O4/c1-12-10-13(6-7-15(18)21-9-8-20-5)11-14(16(12)19)17(2,3)4/h10-11,19H,6-9H2,1-5H3. The molecule has 0 spiro atoms. The Bertz CT molecular complexity index is 486. The molecule has 1 aromatic carbocycles. The lowest BCUT2D eigenvalue weighted by molar-refractivity contribution is -0.144. The third-order valence-electron chi connectivity index (χ3n) is 3.34. The quantitative estimate of drug-likeness (QED) is 0.647. The second-order valence-electron chi connectivity index (χ2n) is 6.27. The molecular formula is C17H26O4. The van der Waals surface area contributed by atoms with Crippen molar-refractivity contribution in [1.82, 2.24) is 0 Å². The van der Waals surface area contributed by atoms with Crippen molar-refractivity contribution in [3.8, 4) is 5.75 Å². The maximum Gasteiger partial charge on any atom is 0.306 e. The molecule has 0 aliphatic carbocycles. The molecule has 0 radical (unpaired) electrons. The van der Waals surface area contributed by atoms with Crippen LogP contribution in [0.4, 0.5) is 0 Å². The molecule has 4 nitrogen and oxygen atoms in total. The third kappa shape index (κ3) is 5.38. The number of rotatable bonds is 6. The molecule has 0 unspecified atom stereocenters. The zero-order valence-corrected chi connectivity index (χ0v) is 13.7. The normalized spacial score (nSPS) is 11.5. The molecule has 0 aliphatic rings. The Morgan fingerprint density at radius 1 is 1.24 bits per heavy atom. The van der Waals surface area contributed by atoms with Gasteiger partial charge in [0.1, 0.15) is 12.4 Å². The lowest BCUT2D eigenvalue weighted by Gasteiger charge is -2.22. The van der Waals surface area contributed by atoms with Crippen LogP contribution in [0.25, 0.3) is 0 Å². The molecule has 1 rings (SSSR count). The fourth-order valence-electron chi connectivity index (χ4n) is 2.13. The van der Waals surface area contributed by atoms with Crippen molar-refractivity contribution in [1.29, 1.82) is 0 Å². The highest BCUT2D eigenvalue weighted by Gasteiger charge is 2.20. The first kappa shape index (κ1) is 17.5. The molecule has 4 heteroatoms. The van der Waals surface area contributed by atoms with Gasteiger partial charge in [-0.1, -0.05) is 32.9 Å². The van der Waals surface area contributed by atoms with E-state index < -0.39 is 0 Å². The van der Waals surface area contributed by atoms with E-state index in [2.05, 4.69) is 20.8 Å². The first-order valence-electron chi connectivity index (χ1n) is 7.23. The number of hydrogen-bond acceptors (Lipinski definition) is 4. The van der Waals surface area contributed by atoms with Gasteiger partial charge >= 0.3 is 5.97 Å². The smallest absolute Gasteiger partial charge is 0.306 e. The van der Waals surface area contributed by atoms with Crippen LogP contribution in [0.5, 0.6) is 5.75 Å². The van der Waals surface area contributed by atoms with E-state index in [1.807, 2.05) is 19.1 Å². The lowest BCUT2D eigenvalue weighted by atomic mass is 9.83. The van der Waals surface area contributed by atoms with Crippen LogP contribution in [0, 0.1) is 6.92 Å². The fraction of sp³-hybridized carbons (Fsp3) is 0.588. The first-order chi connectivity index (χ1) is 9.75. The van der Waals surface area contributed by atoms with Crippen LogP contribution in [-0.2, 0) is 26.1 Å². The summed E-state index contributed by atoms with van der Waals surface area (Å²) in [6, 6.07) is 3.90. The van der Waals surface area contributed by atoms with E-state index in [1.165, 1.54) is 0 Å². The molecule has 21 heavy (non-hydrogen) atoms.